The monoisotopic (exact) mass is 311 g/mol. The number of piperidine rings is 1. The van der Waals surface area contributed by atoms with Gasteiger partial charge in [-0.25, -0.2) is 13.6 Å². The van der Waals surface area contributed by atoms with Gasteiger partial charge in [0.05, 0.1) is 5.75 Å². The molecule has 1 saturated heterocycles. The highest BCUT2D eigenvalue weighted by atomic mass is 32.2. The van der Waals surface area contributed by atoms with Crippen molar-refractivity contribution < 1.29 is 8.42 Å². The summed E-state index contributed by atoms with van der Waals surface area (Å²) in [5.41, 5.74) is 1.76. The van der Waals surface area contributed by atoms with E-state index >= 15 is 0 Å². The molecule has 0 aliphatic carbocycles. The molecule has 5 nitrogen and oxygen atoms in total. The lowest BCUT2D eigenvalue weighted by atomic mass is 10.0. The van der Waals surface area contributed by atoms with Crippen LogP contribution in [0.3, 0.4) is 0 Å². The SMILES string of the molecule is CC(C)N1CCC(Nc2ccc(CS(N)(=O)=O)cc2)CC1. The molecule has 6 heteroatoms. The summed E-state index contributed by atoms with van der Waals surface area (Å²) in [5.74, 6) is -0.111. The molecular formula is C15H25N3O2S. The Morgan fingerprint density at radius 3 is 2.29 bits per heavy atom. The number of anilines is 1. The molecule has 0 atom stereocenters. The van der Waals surface area contributed by atoms with Crippen molar-refractivity contribution in [1.29, 1.82) is 0 Å². The number of hydrogen-bond donors (Lipinski definition) is 2. The number of benzene rings is 1. The first-order valence-electron chi connectivity index (χ1n) is 7.43. The third-order valence-corrected chi connectivity index (χ3v) is 4.69. The Kier molecular flexibility index (Phi) is 5.24. The topological polar surface area (TPSA) is 75.4 Å². The molecule has 3 N–H and O–H groups in total. The highest BCUT2D eigenvalue weighted by molar-refractivity contribution is 7.88. The summed E-state index contributed by atoms with van der Waals surface area (Å²) in [7, 11) is -3.46. The number of primary sulfonamides is 1. The van der Waals surface area contributed by atoms with Gasteiger partial charge in [0.15, 0.2) is 0 Å². The number of likely N-dealkylation sites (tertiary alicyclic amines) is 1. The van der Waals surface area contributed by atoms with Gasteiger partial charge in [0, 0.05) is 30.9 Å². The summed E-state index contributed by atoms with van der Waals surface area (Å²) in [6, 6.07) is 8.59. The molecule has 0 bridgehead atoms. The second kappa shape index (κ2) is 6.77. The fraction of sp³-hybridized carbons (Fsp3) is 0.600. The van der Waals surface area contributed by atoms with E-state index in [4.69, 9.17) is 5.14 Å². The van der Waals surface area contributed by atoms with Gasteiger partial charge in [-0.15, -0.1) is 0 Å². The molecule has 1 aromatic carbocycles. The van der Waals surface area contributed by atoms with E-state index in [1.165, 1.54) is 0 Å². The van der Waals surface area contributed by atoms with Gasteiger partial charge in [-0.05, 0) is 44.4 Å². The highest BCUT2D eigenvalue weighted by Crippen LogP contribution is 2.18. The first-order valence-corrected chi connectivity index (χ1v) is 9.15. The first-order chi connectivity index (χ1) is 9.83. The van der Waals surface area contributed by atoms with Gasteiger partial charge >= 0.3 is 0 Å². The van der Waals surface area contributed by atoms with Crippen molar-refractivity contribution in [3.63, 3.8) is 0 Å². The Balaban J connectivity index is 1.87. The second-order valence-electron chi connectivity index (χ2n) is 6.05. The predicted molar refractivity (Wildman–Crippen MR) is 86.6 cm³/mol. The smallest absolute Gasteiger partial charge is 0.213 e. The van der Waals surface area contributed by atoms with Crippen molar-refractivity contribution in [3.05, 3.63) is 29.8 Å². The molecule has 0 radical (unpaired) electrons. The molecule has 0 amide bonds. The molecule has 0 saturated carbocycles. The van der Waals surface area contributed by atoms with E-state index in [-0.39, 0.29) is 5.75 Å². The Hall–Kier alpha value is -1.11. The molecule has 1 aliphatic rings. The van der Waals surface area contributed by atoms with Gasteiger partial charge < -0.3 is 10.2 Å². The molecule has 2 rings (SSSR count). The van der Waals surface area contributed by atoms with Crippen LogP contribution in [0.2, 0.25) is 0 Å². The van der Waals surface area contributed by atoms with Crippen LogP contribution in [0, 0.1) is 0 Å². The van der Waals surface area contributed by atoms with Crippen LogP contribution in [0.4, 0.5) is 5.69 Å². The molecule has 0 spiro atoms. The molecule has 21 heavy (non-hydrogen) atoms. The second-order valence-corrected chi connectivity index (χ2v) is 7.67. The fourth-order valence-electron chi connectivity index (χ4n) is 2.73. The van der Waals surface area contributed by atoms with Crippen LogP contribution in [0.1, 0.15) is 32.3 Å². The first kappa shape index (κ1) is 16.3. The summed E-state index contributed by atoms with van der Waals surface area (Å²) in [6.07, 6.45) is 2.27. The molecule has 1 fully saturated rings. The van der Waals surface area contributed by atoms with Gasteiger partial charge in [-0.2, -0.15) is 0 Å². The Morgan fingerprint density at radius 1 is 1.24 bits per heavy atom. The van der Waals surface area contributed by atoms with Crippen molar-refractivity contribution in [2.45, 2.75) is 44.5 Å². The van der Waals surface area contributed by atoms with Crippen LogP contribution >= 0.6 is 0 Å². The van der Waals surface area contributed by atoms with E-state index in [1.54, 1.807) is 0 Å². The Labute approximate surface area is 127 Å². The predicted octanol–water partition coefficient (Wildman–Crippen LogP) is 1.76. The quantitative estimate of drug-likeness (QED) is 0.869. The maximum atomic E-state index is 11.0. The average Bonchev–Trinajstić information content (AvgIpc) is 2.40. The van der Waals surface area contributed by atoms with Crippen LogP contribution in [0.5, 0.6) is 0 Å². The standard InChI is InChI=1S/C15H25N3O2S/c1-12(2)18-9-7-15(8-10-18)17-14-5-3-13(4-6-14)11-21(16,19)20/h3-6,12,15,17H,7-11H2,1-2H3,(H2,16,19,20). The zero-order valence-electron chi connectivity index (χ0n) is 12.7. The van der Waals surface area contributed by atoms with E-state index in [0.29, 0.717) is 12.1 Å². The lowest BCUT2D eigenvalue weighted by molar-refractivity contribution is 0.177. The average molecular weight is 311 g/mol. The molecule has 1 aromatic rings. The van der Waals surface area contributed by atoms with E-state index in [1.807, 2.05) is 24.3 Å². The van der Waals surface area contributed by atoms with Crippen molar-refractivity contribution >= 4 is 15.7 Å². The van der Waals surface area contributed by atoms with Gasteiger partial charge in [0.2, 0.25) is 10.0 Å². The summed E-state index contributed by atoms with van der Waals surface area (Å²) in [6.45, 7) is 6.72. The zero-order chi connectivity index (χ0) is 15.5. The van der Waals surface area contributed by atoms with Gasteiger partial charge in [0.25, 0.3) is 0 Å². The third kappa shape index (κ3) is 5.30. The summed E-state index contributed by atoms with van der Waals surface area (Å²) < 4.78 is 22.1. The van der Waals surface area contributed by atoms with Crippen LogP contribution in [0.15, 0.2) is 24.3 Å². The van der Waals surface area contributed by atoms with E-state index in [0.717, 1.165) is 37.2 Å². The minimum atomic E-state index is -3.46. The van der Waals surface area contributed by atoms with Gasteiger partial charge in [-0.1, -0.05) is 12.1 Å². The Morgan fingerprint density at radius 2 is 1.81 bits per heavy atom. The Bertz CT molecular complexity index is 547. The number of hydrogen-bond acceptors (Lipinski definition) is 4. The maximum Gasteiger partial charge on any atom is 0.213 e. The minimum absolute atomic E-state index is 0.111. The van der Waals surface area contributed by atoms with Gasteiger partial charge in [-0.3, -0.25) is 0 Å². The fourth-order valence-corrected chi connectivity index (χ4v) is 3.38. The van der Waals surface area contributed by atoms with E-state index in [9.17, 15) is 8.42 Å². The molecule has 1 aliphatic heterocycles. The number of sulfonamides is 1. The number of nitrogens with one attached hydrogen (secondary N) is 1. The van der Waals surface area contributed by atoms with Crippen LogP contribution in [-0.2, 0) is 15.8 Å². The zero-order valence-corrected chi connectivity index (χ0v) is 13.6. The van der Waals surface area contributed by atoms with Gasteiger partial charge in [0.1, 0.15) is 0 Å². The van der Waals surface area contributed by atoms with Crippen molar-refractivity contribution in [3.8, 4) is 0 Å². The minimum Gasteiger partial charge on any atom is -0.382 e. The molecule has 118 valence electrons. The number of nitrogens with two attached hydrogens (primary N) is 1. The summed E-state index contributed by atoms with van der Waals surface area (Å²) in [4.78, 5) is 2.49. The summed E-state index contributed by atoms with van der Waals surface area (Å²) in [5, 5.41) is 8.57. The van der Waals surface area contributed by atoms with E-state index < -0.39 is 10.0 Å². The number of nitrogens with zero attached hydrogens (tertiary/aromatic N) is 1. The summed E-state index contributed by atoms with van der Waals surface area (Å²) >= 11 is 0. The maximum absolute atomic E-state index is 11.0. The molecule has 0 unspecified atom stereocenters. The van der Waals surface area contributed by atoms with Crippen molar-refractivity contribution in [2.75, 3.05) is 18.4 Å². The van der Waals surface area contributed by atoms with Crippen LogP contribution in [0.25, 0.3) is 0 Å². The molecular weight excluding hydrogens is 286 g/mol. The third-order valence-electron chi connectivity index (χ3n) is 3.95. The van der Waals surface area contributed by atoms with Crippen LogP contribution in [-0.4, -0.2) is 38.5 Å². The number of rotatable bonds is 5. The van der Waals surface area contributed by atoms with E-state index in [2.05, 4.69) is 24.1 Å². The molecule has 0 aromatic heterocycles. The largest absolute Gasteiger partial charge is 0.382 e. The molecule has 1 heterocycles. The normalized spacial score (nSPS) is 18.1. The highest BCUT2D eigenvalue weighted by Gasteiger charge is 2.20. The lowest BCUT2D eigenvalue weighted by Crippen LogP contribution is -2.42. The lowest BCUT2D eigenvalue weighted by Gasteiger charge is -2.35. The van der Waals surface area contributed by atoms with Crippen molar-refractivity contribution in [1.82, 2.24) is 4.90 Å². The van der Waals surface area contributed by atoms with Crippen LogP contribution < -0.4 is 10.5 Å². The van der Waals surface area contributed by atoms with Crippen molar-refractivity contribution in [2.24, 2.45) is 5.14 Å².